The van der Waals surface area contributed by atoms with Gasteiger partial charge in [-0.2, -0.15) is 11.8 Å². The van der Waals surface area contributed by atoms with Crippen LogP contribution in [0.5, 0.6) is 0 Å². The molecule has 0 aromatic heterocycles. The van der Waals surface area contributed by atoms with Gasteiger partial charge in [0.2, 0.25) is 0 Å². The van der Waals surface area contributed by atoms with Crippen LogP contribution in [-0.4, -0.2) is 23.0 Å². The molecule has 1 aromatic rings. The minimum Gasteiger partial charge on any atom is -0.389 e. The number of benzene rings is 1. The largest absolute Gasteiger partial charge is 0.389 e. The molecule has 2 nitrogen and oxygen atoms in total. The number of hydrogen-bond acceptors (Lipinski definition) is 3. The van der Waals surface area contributed by atoms with Crippen LogP contribution >= 0.6 is 35.6 Å². The normalized spacial score (nSPS) is 12.2. The van der Waals surface area contributed by atoms with E-state index in [1.807, 2.05) is 30.0 Å². The predicted octanol–water partition coefficient (Wildman–Crippen LogP) is 3.53. The minimum absolute atomic E-state index is 0.331. The Balaban J connectivity index is 2.56. The molecule has 0 heterocycles. The highest BCUT2D eigenvalue weighted by Crippen LogP contribution is 2.21. The second-order valence-corrected chi connectivity index (χ2v) is 5.94. The van der Waals surface area contributed by atoms with Crippen molar-refractivity contribution < 1.29 is 0 Å². The first-order chi connectivity index (χ1) is 8.04. The smallest absolute Gasteiger partial charge is 0.105 e. The number of rotatable bonds is 6. The van der Waals surface area contributed by atoms with Crippen LogP contribution in [0.25, 0.3) is 0 Å². The Kier molecular flexibility index (Phi) is 6.09. The molecule has 3 N–H and O–H groups in total. The molecule has 0 aliphatic heterocycles. The third kappa shape index (κ3) is 4.74. The molecule has 0 aliphatic carbocycles. The van der Waals surface area contributed by atoms with Gasteiger partial charge in [-0.15, -0.1) is 0 Å². The SMILES string of the molecule is CSC(C)CCNc1ccc(C(N)=S)c(Cl)c1. The molecule has 0 radical (unpaired) electrons. The molecule has 1 atom stereocenters. The summed E-state index contributed by atoms with van der Waals surface area (Å²) in [4.78, 5) is 0.331. The van der Waals surface area contributed by atoms with Crippen molar-refractivity contribution in [1.29, 1.82) is 0 Å². The van der Waals surface area contributed by atoms with Gasteiger partial charge >= 0.3 is 0 Å². The Morgan fingerprint density at radius 1 is 1.59 bits per heavy atom. The maximum atomic E-state index is 6.08. The monoisotopic (exact) mass is 288 g/mol. The first-order valence-electron chi connectivity index (χ1n) is 5.40. The number of hydrogen-bond donors (Lipinski definition) is 2. The Morgan fingerprint density at radius 3 is 2.82 bits per heavy atom. The summed E-state index contributed by atoms with van der Waals surface area (Å²) in [7, 11) is 0. The van der Waals surface area contributed by atoms with Crippen molar-refractivity contribution in [3.05, 3.63) is 28.8 Å². The molecule has 0 spiro atoms. The van der Waals surface area contributed by atoms with Crippen molar-refractivity contribution >= 4 is 46.3 Å². The second kappa shape index (κ2) is 7.09. The lowest BCUT2D eigenvalue weighted by atomic mass is 10.2. The van der Waals surface area contributed by atoms with E-state index in [-0.39, 0.29) is 0 Å². The topological polar surface area (TPSA) is 38.0 Å². The summed E-state index contributed by atoms with van der Waals surface area (Å²) in [5, 5.41) is 4.59. The zero-order valence-corrected chi connectivity index (χ0v) is 12.4. The number of halogens is 1. The van der Waals surface area contributed by atoms with E-state index in [4.69, 9.17) is 29.6 Å². The summed E-state index contributed by atoms with van der Waals surface area (Å²) in [6.45, 7) is 3.15. The van der Waals surface area contributed by atoms with Crippen molar-refractivity contribution in [2.45, 2.75) is 18.6 Å². The Labute approximate surface area is 117 Å². The molecule has 17 heavy (non-hydrogen) atoms. The molecular weight excluding hydrogens is 272 g/mol. The maximum Gasteiger partial charge on any atom is 0.105 e. The highest BCUT2D eigenvalue weighted by Gasteiger charge is 2.04. The maximum absolute atomic E-state index is 6.08. The molecule has 0 amide bonds. The quantitative estimate of drug-likeness (QED) is 0.786. The van der Waals surface area contributed by atoms with Crippen LogP contribution in [0.1, 0.15) is 18.9 Å². The molecule has 0 aliphatic rings. The van der Waals surface area contributed by atoms with Crippen molar-refractivity contribution in [1.82, 2.24) is 0 Å². The predicted molar refractivity (Wildman–Crippen MR) is 83.4 cm³/mol. The Hall–Kier alpha value is -0.450. The van der Waals surface area contributed by atoms with Crippen LogP contribution in [0.4, 0.5) is 5.69 Å². The van der Waals surface area contributed by atoms with Gasteiger partial charge < -0.3 is 11.1 Å². The van der Waals surface area contributed by atoms with E-state index >= 15 is 0 Å². The van der Waals surface area contributed by atoms with Crippen molar-refractivity contribution in [2.75, 3.05) is 18.1 Å². The van der Waals surface area contributed by atoms with Crippen LogP contribution in [0.15, 0.2) is 18.2 Å². The summed E-state index contributed by atoms with van der Waals surface area (Å²) in [6, 6.07) is 5.66. The Bertz CT molecular complexity index is 396. The van der Waals surface area contributed by atoms with Crippen LogP contribution in [0.3, 0.4) is 0 Å². The summed E-state index contributed by atoms with van der Waals surface area (Å²) in [5.74, 6) is 0. The van der Waals surface area contributed by atoms with E-state index in [9.17, 15) is 0 Å². The van der Waals surface area contributed by atoms with Gasteiger partial charge in [0.25, 0.3) is 0 Å². The molecular formula is C12H17ClN2S2. The number of nitrogens with two attached hydrogens (primary N) is 1. The molecule has 0 saturated carbocycles. The zero-order chi connectivity index (χ0) is 12.8. The lowest BCUT2D eigenvalue weighted by molar-refractivity contribution is 0.854. The van der Waals surface area contributed by atoms with Gasteiger partial charge in [-0.25, -0.2) is 0 Å². The molecule has 1 aromatic carbocycles. The standard InChI is InChI=1S/C12H17ClN2S2/c1-8(17-2)5-6-15-9-3-4-10(12(14)16)11(13)7-9/h3-4,7-8,15H,5-6H2,1-2H3,(H2,14,16). The lowest BCUT2D eigenvalue weighted by Gasteiger charge is -2.11. The van der Waals surface area contributed by atoms with Gasteiger partial charge in [-0.1, -0.05) is 30.7 Å². The third-order valence-electron chi connectivity index (χ3n) is 2.52. The minimum atomic E-state index is 0.331. The van der Waals surface area contributed by atoms with Gasteiger partial charge in [-0.3, -0.25) is 0 Å². The fraction of sp³-hybridized carbons (Fsp3) is 0.417. The third-order valence-corrected chi connectivity index (χ3v) is 4.09. The average molecular weight is 289 g/mol. The van der Waals surface area contributed by atoms with E-state index < -0.39 is 0 Å². The number of thiocarbonyl (C=S) groups is 1. The van der Waals surface area contributed by atoms with Crippen LogP contribution in [0.2, 0.25) is 5.02 Å². The molecule has 1 unspecified atom stereocenters. The van der Waals surface area contributed by atoms with Gasteiger partial charge in [0.1, 0.15) is 4.99 Å². The van der Waals surface area contributed by atoms with Gasteiger partial charge in [0, 0.05) is 23.0 Å². The summed E-state index contributed by atoms with van der Waals surface area (Å²) in [6.07, 6.45) is 3.24. The second-order valence-electron chi connectivity index (χ2n) is 3.82. The van der Waals surface area contributed by atoms with E-state index in [2.05, 4.69) is 18.5 Å². The summed E-state index contributed by atoms with van der Waals surface area (Å²) < 4.78 is 0. The highest BCUT2D eigenvalue weighted by atomic mass is 35.5. The van der Waals surface area contributed by atoms with E-state index in [1.54, 1.807) is 0 Å². The average Bonchev–Trinajstić information content (AvgIpc) is 2.28. The summed E-state index contributed by atoms with van der Waals surface area (Å²) >= 11 is 12.9. The molecule has 5 heteroatoms. The van der Waals surface area contributed by atoms with Gasteiger partial charge in [-0.05, 0) is 30.9 Å². The summed E-state index contributed by atoms with van der Waals surface area (Å²) in [5.41, 5.74) is 7.28. The van der Waals surface area contributed by atoms with Crippen LogP contribution < -0.4 is 11.1 Å². The lowest BCUT2D eigenvalue weighted by Crippen LogP contribution is -2.11. The fourth-order valence-corrected chi connectivity index (χ4v) is 2.23. The first kappa shape index (κ1) is 14.6. The van der Waals surface area contributed by atoms with E-state index in [0.29, 0.717) is 15.3 Å². The van der Waals surface area contributed by atoms with Gasteiger partial charge in [0.15, 0.2) is 0 Å². The van der Waals surface area contributed by atoms with Crippen molar-refractivity contribution in [2.24, 2.45) is 5.73 Å². The molecule has 0 bridgehead atoms. The van der Waals surface area contributed by atoms with E-state index in [1.165, 1.54) is 0 Å². The van der Waals surface area contributed by atoms with Crippen LogP contribution in [0, 0.1) is 0 Å². The van der Waals surface area contributed by atoms with Gasteiger partial charge in [0.05, 0.1) is 5.02 Å². The van der Waals surface area contributed by atoms with E-state index in [0.717, 1.165) is 24.2 Å². The van der Waals surface area contributed by atoms with Crippen molar-refractivity contribution in [3.63, 3.8) is 0 Å². The molecule has 94 valence electrons. The molecule has 0 saturated heterocycles. The highest BCUT2D eigenvalue weighted by molar-refractivity contribution is 7.99. The first-order valence-corrected chi connectivity index (χ1v) is 7.48. The fourth-order valence-electron chi connectivity index (χ4n) is 1.36. The zero-order valence-electron chi connectivity index (χ0n) is 10.00. The number of nitrogens with one attached hydrogen (secondary N) is 1. The van der Waals surface area contributed by atoms with Crippen LogP contribution in [-0.2, 0) is 0 Å². The number of thioether (sulfide) groups is 1. The molecule has 0 fully saturated rings. The van der Waals surface area contributed by atoms with Crippen molar-refractivity contribution in [3.8, 4) is 0 Å². The Morgan fingerprint density at radius 2 is 2.29 bits per heavy atom. The molecule has 1 rings (SSSR count). The number of anilines is 1.